The third-order valence-electron chi connectivity index (χ3n) is 5.54. The van der Waals surface area contributed by atoms with E-state index < -0.39 is 5.54 Å². The number of hydrogen-bond acceptors (Lipinski definition) is 5. The Kier molecular flexibility index (Phi) is 6.60. The first-order chi connectivity index (χ1) is 13.6. The van der Waals surface area contributed by atoms with Crippen molar-refractivity contribution in [3.63, 3.8) is 0 Å². The third kappa shape index (κ3) is 4.32. The second-order valence-electron chi connectivity index (χ2n) is 7.43. The van der Waals surface area contributed by atoms with Crippen LogP contribution in [0.25, 0.3) is 0 Å². The molecule has 0 N–H and O–H groups in total. The van der Waals surface area contributed by atoms with E-state index in [9.17, 15) is 9.59 Å². The van der Waals surface area contributed by atoms with Gasteiger partial charge in [0.2, 0.25) is 0 Å². The van der Waals surface area contributed by atoms with Crippen LogP contribution in [-0.2, 0) is 16.0 Å². The lowest BCUT2D eigenvalue weighted by Gasteiger charge is -2.37. The number of benzene rings is 2. The Morgan fingerprint density at radius 3 is 2.29 bits per heavy atom. The van der Waals surface area contributed by atoms with Gasteiger partial charge >= 0.3 is 0 Å². The molecule has 0 amide bonds. The molecule has 0 aromatic heterocycles. The Morgan fingerprint density at radius 2 is 1.71 bits per heavy atom. The van der Waals surface area contributed by atoms with E-state index in [0.717, 1.165) is 43.8 Å². The third-order valence-corrected chi connectivity index (χ3v) is 5.54. The van der Waals surface area contributed by atoms with Crippen molar-refractivity contribution >= 4 is 17.8 Å². The SMILES string of the molecule is CN(C)C(CC=O)(Cc1ccccc1)C(=O)c1ccc(N2CCOCC2)cc1. The van der Waals surface area contributed by atoms with E-state index in [1.807, 2.05) is 73.6 Å². The van der Waals surface area contributed by atoms with E-state index in [1.165, 1.54) is 0 Å². The minimum absolute atomic E-state index is 0.0259. The summed E-state index contributed by atoms with van der Waals surface area (Å²) in [4.78, 5) is 29.2. The van der Waals surface area contributed by atoms with Gasteiger partial charge in [-0.1, -0.05) is 30.3 Å². The molecule has 148 valence electrons. The van der Waals surface area contributed by atoms with Crippen LogP contribution in [0.15, 0.2) is 54.6 Å². The lowest BCUT2D eigenvalue weighted by Crippen LogP contribution is -2.53. The second-order valence-corrected chi connectivity index (χ2v) is 7.43. The molecule has 0 aliphatic carbocycles. The number of ether oxygens (including phenoxy) is 1. The molecule has 1 atom stereocenters. The van der Waals surface area contributed by atoms with E-state index in [4.69, 9.17) is 4.74 Å². The summed E-state index contributed by atoms with van der Waals surface area (Å²) in [5, 5.41) is 0. The zero-order chi connectivity index (χ0) is 20.0. The van der Waals surface area contributed by atoms with Crippen LogP contribution in [0.3, 0.4) is 0 Å². The van der Waals surface area contributed by atoms with Gasteiger partial charge < -0.3 is 14.4 Å². The number of hydrogen-bond donors (Lipinski definition) is 0. The van der Waals surface area contributed by atoms with E-state index in [2.05, 4.69) is 4.90 Å². The van der Waals surface area contributed by atoms with E-state index in [0.29, 0.717) is 12.0 Å². The number of carbonyl (C=O) groups excluding carboxylic acids is 2. The van der Waals surface area contributed by atoms with Gasteiger partial charge in [0.15, 0.2) is 5.78 Å². The lowest BCUT2D eigenvalue weighted by atomic mass is 9.80. The minimum atomic E-state index is -0.899. The van der Waals surface area contributed by atoms with Crippen LogP contribution in [0, 0.1) is 0 Å². The van der Waals surface area contributed by atoms with Gasteiger partial charge in [-0.05, 0) is 50.3 Å². The fourth-order valence-electron chi connectivity index (χ4n) is 3.77. The molecule has 0 bridgehead atoms. The summed E-state index contributed by atoms with van der Waals surface area (Å²) in [7, 11) is 3.74. The molecular formula is C23H28N2O3. The summed E-state index contributed by atoms with van der Waals surface area (Å²) in [5.41, 5.74) is 1.86. The topological polar surface area (TPSA) is 49.9 Å². The monoisotopic (exact) mass is 380 g/mol. The maximum Gasteiger partial charge on any atom is 0.183 e. The molecule has 5 heteroatoms. The van der Waals surface area contributed by atoms with Crippen LogP contribution in [0.4, 0.5) is 5.69 Å². The van der Waals surface area contributed by atoms with Gasteiger partial charge in [0, 0.05) is 30.8 Å². The smallest absolute Gasteiger partial charge is 0.183 e. The van der Waals surface area contributed by atoms with Gasteiger partial charge in [-0.2, -0.15) is 0 Å². The largest absolute Gasteiger partial charge is 0.378 e. The van der Waals surface area contributed by atoms with Crippen LogP contribution in [0.2, 0.25) is 0 Å². The number of morpholine rings is 1. The molecule has 3 rings (SSSR count). The number of Topliss-reactive ketones (excluding diaryl/α,β-unsaturated/α-hetero) is 1. The molecule has 1 fully saturated rings. The molecule has 5 nitrogen and oxygen atoms in total. The first-order valence-electron chi connectivity index (χ1n) is 9.69. The highest BCUT2D eigenvalue weighted by Gasteiger charge is 2.41. The Bertz CT molecular complexity index is 783. The van der Waals surface area contributed by atoms with Gasteiger partial charge in [0.25, 0.3) is 0 Å². The lowest BCUT2D eigenvalue weighted by molar-refractivity contribution is -0.109. The summed E-state index contributed by atoms with van der Waals surface area (Å²) in [6.07, 6.45) is 1.49. The van der Waals surface area contributed by atoms with Crippen molar-refractivity contribution in [2.24, 2.45) is 0 Å². The van der Waals surface area contributed by atoms with Gasteiger partial charge in [0.05, 0.1) is 18.8 Å². The van der Waals surface area contributed by atoms with Crippen molar-refractivity contribution in [3.05, 3.63) is 65.7 Å². The number of likely N-dealkylation sites (N-methyl/N-ethyl adjacent to an activating group) is 1. The number of rotatable bonds is 8. The maximum atomic E-state index is 13.6. The molecule has 2 aromatic rings. The van der Waals surface area contributed by atoms with Crippen molar-refractivity contribution < 1.29 is 14.3 Å². The molecule has 1 saturated heterocycles. The number of aldehydes is 1. The minimum Gasteiger partial charge on any atom is -0.378 e. The van der Waals surface area contributed by atoms with Crippen LogP contribution < -0.4 is 4.90 Å². The highest BCUT2D eigenvalue weighted by Crippen LogP contribution is 2.28. The van der Waals surface area contributed by atoms with Crippen LogP contribution >= 0.6 is 0 Å². The summed E-state index contributed by atoms with van der Waals surface area (Å²) in [6, 6.07) is 17.6. The number of carbonyl (C=O) groups is 2. The molecular weight excluding hydrogens is 352 g/mol. The van der Waals surface area contributed by atoms with E-state index in [-0.39, 0.29) is 12.2 Å². The average Bonchev–Trinajstić information content (AvgIpc) is 2.74. The second kappa shape index (κ2) is 9.13. The Balaban J connectivity index is 1.88. The van der Waals surface area contributed by atoms with E-state index >= 15 is 0 Å². The van der Waals surface area contributed by atoms with Crippen LogP contribution in [0.1, 0.15) is 22.3 Å². The fourth-order valence-corrected chi connectivity index (χ4v) is 3.77. The first-order valence-corrected chi connectivity index (χ1v) is 9.69. The van der Waals surface area contributed by atoms with Crippen molar-refractivity contribution in [3.8, 4) is 0 Å². The highest BCUT2D eigenvalue weighted by molar-refractivity contribution is 6.04. The number of nitrogens with zero attached hydrogens (tertiary/aromatic N) is 2. The highest BCUT2D eigenvalue weighted by atomic mass is 16.5. The normalized spacial score (nSPS) is 16.6. The molecule has 0 saturated carbocycles. The number of anilines is 1. The van der Waals surface area contributed by atoms with E-state index in [1.54, 1.807) is 0 Å². The Labute approximate surface area is 166 Å². The van der Waals surface area contributed by atoms with Crippen LogP contribution in [-0.4, -0.2) is 62.9 Å². The Hall–Kier alpha value is -2.50. The Morgan fingerprint density at radius 1 is 1.07 bits per heavy atom. The molecule has 0 spiro atoms. The van der Waals surface area contributed by atoms with Gasteiger partial charge in [-0.15, -0.1) is 0 Å². The molecule has 0 radical (unpaired) electrons. The summed E-state index contributed by atoms with van der Waals surface area (Å²) >= 11 is 0. The van der Waals surface area contributed by atoms with Crippen molar-refractivity contribution in [2.75, 3.05) is 45.3 Å². The predicted octanol–water partition coefficient (Wildman–Crippen LogP) is 2.84. The molecule has 1 heterocycles. The van der Waals surface area contributed by atoms with Crippen molar-refractivity contribution in [2.45, 2.75) is 18.4 Å². The zero-order valence-corrected chi connectivity index (χ0v) is 16.6. The molecule has 28 heavy (non-hydrogen) atoms. The quantitative estimate of drug-likeness (QED) is 0.521. The summed E-state index contributed by atoms with van der Waals surface area (Å²) in [6.45, 7) is 3.16. The first kappa shape index (κ1) is 20.2. The average molecular weight is 380 g/mol. The zero-order valence-electron chi connectivity index (χ0n) is 16.6. The number of ketones is 1. The molecule has 1 aliphatic heterocycles. The van der Waals surface area contributed by atoms with Crippen molar-refractivity contribution in [1.29, 1.82) is 0 Å². The molecule has 1 aliphatic rings. The molecule has 2 aromatic carbocycles. The maximum absolute atomic E-state index is 13.6. The summed E-state index contributed by atoms with van der Waals surface area (Å²) in [5.74, 6) is -0.0259. The standard InChI is InChI=1S/C23H28N2O3/c1-24(2)23(12-15-26,18-19-6-4-3-5-7-19)22(27)20-8-10-21(11-9-20)25-13-16-28-17-14-25/h3-11,15H,12-14,16-18H2,1-2H3. The van der Waals surface area contributed by atoms with Gasteiger partial charge in [-0.25, -0.2) is 0 Å². The fraction of sp³-hybridized carbons (Fsp3) is 0.391. The predicted molar refractivity (Wildman–Crippen MR) is 111 cm³/mol. The van der Waals surface area contributed by atoms with Gasteiger partial charge in [-0.3, -0.25) is 9.69 Å². The van der Waals surface area contributed by atoms with Gasteiger partial charge in [0.1, 0.15) is 6.29 Å². The molecule has 1 unspecified atom stereocenters. The van der Waals surface area contributed by atoms with Crippen LogP contribution in [0.5, 0.6) is 0 Å². The van der Waals surface area contributed by atoms with Crippen molar-refractivity contribution in [1.82, 2.24) is 4.90 Å². The summed E-state index contributed by atoms with van der Waals surface area (Å²) < 4.78 is 5.40.